The molecule has 104 valence electrons. The molecule has 3 unspecified atom stereocenters. The molecule has 1 heterocycles. The van der Waals surface area contributed by atoms with Crippen LogP contribution in [0.1, 0.15) is 38.7 Å². The van der Waals surface area contributed by atoms with E-state index in [2.05, 4.69) is 49.1 Å². The van der Waals surface area contributed by atoms with E-state index in [-0.39, 0.29) is 0 Å². The minimum Gasteiger partial charge on any atom is -0.303 e. The number of benzene rings is 1. The molecule has 1 aliphatic rings. The van der Waals surface area contributed by atoms with Crippen LogP contribution >= 0.6 is 0 Å². The standard InChI is InChI=1S/C17H25NO/c1-3-16-11-14(2)12-18(17(16)9-10-19)13-15-7-5-4-6-8-15/h4-8,10,14,16-17H,3,9,11-13H2,1-2H3. The van der Waals surface area contributed by atoms with Crippen molar-refractivity contribution in [3.05, 3.63) is 35.9 Å². The molecule has 19 heavy (non-hydrogen) atoms. The van der Waals surface area contributed by atoms with Gasteiger partial charge in [-0.3, -0.25) is 4.90 Å². The lowest BCUT2D eigenvalue weighted by Gasteiger charge is -2.43. The van der Waals surface area contributed by atoms with Crippen molar-refractivity contribution in [3.63, 3.8) is 0 Å². The number of aldehydes is 1. The lowest BCUT2D eigenvalue weighted by atomic mass is 9.81. The zero-order valence-electron chi connectivity index (χ0n) is 12.1. The third-order valence-electron chi connectivity index (χ3n) is 4.36. The first-order valence-electron chi connectivity index (χ1n) is 7.46. The number of rotatable bonds is 5. The van der Waals surface area contributed by atoms with Crippen molar-refractivity contribution in [2.45, 2.75) is 45.7 Å². The van der Waals surface area contributed by atoms with E-state index >= 15 is 0 Å². The molecular formula is C17H25NO. The van der Waals surface area contributed by atoms with Crippen LogP contribution in [0.4, 0.5) is 0 Å². The molecule has 0 aliphatic carbocycles. The minimum absolute atomic E-state index is 0.430. The number of hydrogen-bond donors (Lipinski definition) is 0. The highest BCUT2D eigenvalue weighted by Gasteiger charge is 2.32. The molecule has 0 aromatic heterocycles. The molecule has 2 heteroatoms. The van der Waals surface area contributed by atoms with E-state index in [0.29, 0.717) is 18.4 Å². The summed E-state index contributed by atoms with van der Waals surface area (Å²) in [5.74, 6) is 1.40. The zero-order chi connectivity index (χ0) is 13.7. The van der Waals surface area contributed by atoms with E-state index in [1.54, 1.807) is 0 Å². The van der Waals surface area contributed by atoms with Crippen molar-refractivity contribution in [1.82, 2.24) is 4.90 Å². The van der Waals surface area contributed by atoms with E-state index in [0.717, 1.165) is 25.3 Å². The van der Waals surface area contributed by atoms with Gasteiger partial charge in [0.1, 0.15) is 6.29 Å². The Bertz CT molecular complexity index is 390. The molecule has 0 radical (unpaired) electrons. The first kappa shape index (κ1) is 14.3. The van der Waals surface area contributed by atoms with Crippen LogP contribution in [0.3, 0.4) is 0 Å². The molecule has 0 spiro atoms. The van der Waals surface area contributed by atoms with Crippen LogP contribution in [0, 0.1) is 11.8 Å². The predicted octanol–water partition coefficient (Wildman–Crippen LogP) is 3.51. The monoisotopic (exact) mass is 259 g/mol. The maximum absolute atomic E-state index is 11.0. The molecule has 1 saturated heterocycles. The summed E-state index contributed by atoms with van der Waals surface area (Å²) in [5, 5.41) is 0. The van der Waals surface area contributed by atoms with Crippen molar-refractivity contribution in [3.8, 4) is 0 Å². The van der Waals surface area contributed by atoms with E-state index < -0.39 is 0 Å². The van der Waals surface area contributed by atoms with Crippen molar-refractivity contribution in [1.29, 1.82) is 0 Å². The van der Waals surface area contributed by atoms with Gasteiger partial charge in [0.15, 0.2) is 0 Å². The minimum atomic E-state index is 0.430. The van der Waals surface area contributed by atoms with E-state index in [1.165, 1.54) is 18.4 Å². The number of carbonyl (C=O) groups excluding carboxylic acids is 1. The van der Waals surface area contributed by atoms with Crippen molar-refractivity contribution < 1.29 is 4.79 Å². The zero-order valence-corrected chi connectivity index (χ0v) is 12.1. The van der Waals surface area contributed by atoms with E-state index in [4.69, 9.17) is 0 Å². The molecule has 3 atom stereocenters. The summed E-state index contributed by atoms with van der Waals surface area (Å²) < 4.78 is 0. The first-order valence-corrected chi connectivity index (χ1v) is 7.46. The largest absolute Gasteiger partial charge is 0.303 e. The molecule has 2 rings (SSSR count). The summed E-state index contributed by atoms with van der Waals surface area (Å²) in [6, 6.07) is 11.0. The second kappa shape index (κ2) is 6.85. The van der Waals surface area contributed by atoms with Gasteiger partial charge in [-0.05, 0) is 23.8 Å². The molecule has 0 N–H and O–H groups in total. The highest BCUT2D eigenvalue weighted by molar-refractivity contribution is 5.50. The van der Waals surface area contributed by atoms with Crippen LogP contribution in [-0.2, 0) is 11.3 Å². The molecule has 1 aromatic rings. The van der Waals surface area contributed by atoms with Crippen LogP contribution in [0.25, 0.3) is 0 Å². The Labute approximate surface area is 116 Å². The number of piperidine rings is 1. The lowest BCUT2D eigenvalue weighted by molar-refractivity contribution is -0.110. The van der Waals surface area contributed by atoms with Gasteiger partial charge in [0.2, 0.25) is 0 Å². The summed E-state index contributed by atoms with van der Waals surface area (Å²) in [6.45, 7) is 6.67. The van der Waals surface area contributed by atoms with Gasteiger partial charge in [0.05, 0.1) is 0 Å². The fourth-order valence-electron chi connectivity index (χ4n) is 3.46. The van der Waals surface area contributed by atoms with E-state index in [1.807, 2.05) is 0 Å². The summed E-state index contributed by atoms with van der Waals surface area (Å²) in [5.41, 5.74) is 1.35. The fourth-order valence-corrected chi connectivity index (χ4v) is 3.46. The maximum atomic E-state index is 11.0. The number of nitrogens with zero attached hydrogens (tertiary/aromatic N) is 1. The summed E-state index contributed by atoms with van der Waals surface area (Å²) in [7, 11) is 0. The smallest absolute Gasteiger partial charge is 0.121 e. The van der Waals surface area contributed by atoms with Crippen LogP contribution in [0.5, 0.6) is 0 Å². The average Bonchev–Trinajstić information content (AvgIpc) is 2.42. The van der Waals surface area contributed by atoms with Gasteiger partial charge < -0.3 is 4.79 Å². The SMILES string of the molecule is CCC1CC(C)CN(Cc2ccccc2)C1CC=O. The molecule has 2 nitrogen and oxygen atoms in total. The summed E-state index contributed by atoms with van der Waals surface area (Å²) in [4.78, 5) is 13.5. The quantitative estimate of drug-likeness (QED) is 0.754. The Kier molecular flexibility index (Phi) is 5.15. The van der Waals surface area contributed by atoms with Crippen LogP contribution in [0.15, 0.2) is 30.3 Å². The van der Waals surface area contributed by atoms with Crippen molar-refractivity contribution in [2.75, 3.05) is 6.54 Å². The highest BCUT2D eigenvalue weighted by atomic mass is 16.1. The third kappa shape index (κ3) is 3.66. The lowest BCUT2D eigenvalue weighted by Crippen LogP contribution is -2.47. The average molecular weight is 259 g/mol. The second-order valence-corrected chi connectivity index (χ2v) is 5.89. The Morgan fingerprint density at radius 1 is 1.32 bits per heavy atom. The third-order valence-corrected chi connectivity index (χ3v) is 4.36. The Hall–Kier alpha value is -1.15. The Balaban J connectivity index is 2.11. The molecular weight excluding hydrogens is 234 g/mol. The van der Waals surface area contributed by atoms with Gasteiger partial charge in [-0.25, -0.2) is 0 Å². The Morgan fingerprint density at radius 3 is 2.68 bits per heavy atom. The topological polar surface area (TPSA) is 20.3 Å². The van der Waals surface area contributed by atoms with Gasteiger partial charge in [-0.2, -0.15) is 0 Å². The summed E-state index contributed by atoms with van der Waals surface area (Å²) >= 11 is 0. The van der Waals surface area contributed by atoms with Gasteiger partial charge in [-0.15, -0.1) is 0 Å². The molecule has 0 saturated carbocycles. The molecule has 0 amide bonds. The number of carbonyl (C=O) groups is 1. The maximum Gasteiger partial charge on any atom is 0.121 e. The van der Waals surface area contributed by atoms with Gasteiger partial charge in [0, 0.05) is 25.6 Å². The van der Waals surface area contributed by atoms with Gasteiger partial charge in [-0.1, -0.05) is 50.6 Å². The van der Waals surface area contributed by atoms with Crippen LogP contribution in [-0.4, -0.2) is 23.8 Å². The van der Waals surface area contributed by atoms with Crippen molar-refractivity contribution in [2.24, 2.45) is 11.8 Å². The first-order chi connectivity index (χ1) is 9.24. The molecule has 1 aliphatic heterocycles. The number of hydrogen-bond acceptors (Lipinski definition) is 2. The normalized spacial score (nSPS) is 28.2. The van der Waals surface area contributed by atoms with Crippen LogP contribution in [0.2, 0.25) is 0 Å². The molecule has 1 fully saturated rings. The predicted molar refractivity (Wildman–Crippen MR) is 78.9 cm³/mol. The van der Waals surface area contributed by atoms with Crippen LogP contribution < -0.4 is 0 Å². The van der Waals surface area contributed by atoms with Crippen molar-refractivity contribution >= 4 is 6.29 Å². The molecule has 0 bridgehead atoms. The fraction of sp³-hybridized carbons (Fsp3) is 0.588. The summed E-state index contributed by atoms with van der Waals surface area (Å²) in [6.07, 6.45) is 4.22. The van der Waals surface area contributed by atoms with Gasteiger partial charge >= 0.3 is 0 Å². The second-order valence-electron chi connectivity index (χ2n) is 5.89. The van der Waals surface area contributed by atoms with Gasteiger partial charge in [0.25, 0.3) is 0 Å². The number of likely N-dealkylation sites (tertiary alicyclic amines) is 1. The van der Waals surface area contributed by atoms with E-state index in [9.17, 15) is 4.79 Å². The highest BCUT2D eigenvalue weighted by Crippen LogP contribution is 2.32. The Morgan fingerprint density at radius 2 is 2.05 bits per heavy atom. The molecule has 1 aromatic carbocycles.